The van der Waals surface area contributed by atoms with E-state index in [2.05, 4.69) is 9.97 Å². The van der Waals surface area contributed by atoms with Gasteiger partial charge in [0.2, 0.25) is 0 Å². The third-order valence-electron chi connectivity index (χ3n) is 1.52. The number of aliphatic carboxylic acids is 1. The Morgan fingerprint density at radius 1 is 1.43 bits per heavy atom. The quantitative estimate of drug-likeness (QED) is 0.758. The molecule has 0 saturated carbocycles. The van der Waals surface area contributed by atoms with Crippen molar-refractivity contribution in [3.05, 3.63) is 22.2 Å². The molecule has 1 unspecified atom stereocenters. The van der Waals surface area contributed by atoms with Gasteiger partial charge >= 0.3 is 5.97 Å². The number of halogens is 2. The van der Waals surface area contributed by atoms with Gasteiger partial charge in [-0.3, -0.25) is 0 Å². The Bertz CT molecular complexity index is 339. The molecule has 0 amide bonds. The molecule has 0 radical (unpaired) electrons. The summed E-state index contributed by atoms with van der Waals surface area (Å²) in [6, 6.07) is 0. The largest absolute Gasteiger partial charge is 0.479 e. The molecular formula is C7H6Cl2N2O3. The minimum absolute atomic E-state index is 0.0466. The second-order valence-electron chi connectivity index (χ2n) is 2.49. The molecular weight excluding hydrogens is 231 g/mol. The van der Waals surface area contributed by atoms with Crippen molar-refractivity contribution >= 4 is 29.2 Å². The fourth-order valence-electron chi connectivity index (χ4n) is 0.820. The number of carbonyl (C=O) groups is 1. The number of aromatic nitrogens is 2. The number of nitrogens with zero attached hydrogens (tertiary/aromatic N) is 2. The lowest BCUT2D eigenvalue weighted by atomic mass is 10.1. The number of aliphatic hydroxyl groups is 1. The molecule has 7 heteroatoms. The maximum absolute atomic E-state index is 10.3. The maximum Gasteiger partial charge on any atom is 0.332 e. The second-order valence-corrected chi connectivity index (χ2v) is 3.21. The summed E-state index contributed by atoms with van der Waals surface area (Å²) in [5, 5.41) is 17.6. The van der Waals surface area contributed by atoms with E-state index in [9.17, 15) is 4.79 Å². The van der Waals surface area contributed by atoms with Gasteiger partial charge in [-0.2, -0.15) is 0 Å². The summed E-state index contributed by atoms with van der Waals surface area (Å²) in [6.07, 6.45) is -0.620. The minimum Gasteiger partial charge on any atom is -0.479 e. The predicted octanol–water partition coefficient (Wildman–Crippen LogP) is 0.771. The van der Waals surface area contributed by atoms with Gasteiger partial charge in [-0.25, -0.2) is 14.8 Å². The van der Waals surface area contributed by atoms with Gasteiger partial charge in [-0.1, -0.05) is 23.2 Å². The lowest BCUT2D eigenvalue weighted by Crippen LogP contribution is -2.22. The highest BCUT2D eigenvalue weighted by atomic mass is 35.5. The van der Waals surface area contributed by atoms with Crippen LogP contribution in [0.15, 0.2) is 6.33 Å². The average Bonchev–Trinajstić information content (AvgIpc) is 2.11. The zero-order valence-corrected chi connectivity index (χ0v) is 8.33. The molecule has 14 heavy (non-hydrogen) atoms. The standard InChI is InChI=1S/C7H6Cl2N2O3/c8-5-3(1-4(12)7(13)14)6(9)11-2-10-5/h2,4,12H,1H2,(H,13,14). The highest BCUT2D eigenvalue weighted by Crippen LogP contribution is 2.21. The van der Waals surface area contributed by atoms with E-state index in [-0.39, 0.29) is 22.3 Å². The van der Waals surface area contributed by atoms with E-state index >= 15 is 0 Å². The number of hydrogen-bond acceptors (Lipinski definition) is 4. The van der Waals surface area contributed by atoms with Crippen LogP contribution in [0.2, 0.25) is 10.3 Å². The Labute approximate surface area is 89.3 Å². The van der Waals surface area contributed by atoms with Gasteiger partial charge in [0.15, 0.2) is 6.10 Å². The van der Waals surface area contributed by atoms with Crippen molar-refractivity contribution in [1.82, 2.24) is 9.97 Å². The highest BCUT2D eigenvalue weighted by molar-refractivity contribution is 6.34. The van der Waals surface area contributed by atoms with Crippen LogP contribution >= 0.6 is 23.2 Å². The summed E-state index contributed by atoms with van der Waals surface area (Å²) in [4.78, 5) is 17.6. The summed E-state index contributed by atoms with van der Waals surface area (Å²) in [5.74, 6) is -1.35. The van der Waals surface area contributed by atoms with Crippen LogP contribution in [-0.2, 0) is 11.2 Å². The fraction of sp³-hybridized carbons (Fsp3) is 0.286. The maximum atomic E-state index is 10.3. The van der Waals surface area contributed by atoms with Gasteiger partial charge in [-0.05, 0) is 0 Å². The van der Waals surface area contributed by atoms with Gasteiger partial charge < -0.3 is 10.2 Å². The van der Waals surface area contributed by atoms with Crippen LogP contribution < -0.4 is 0 Å². The Morgan fingerprint density at radius 2 is 1.93 bits per heavy atom. The first-order chi connectivity index (χ1) is 6.52. The molecule has 0 aliphatic carbocycles. The van der Waals surface area contributed by atoms with Crippen molar-refractivity contribution < 1.29 is 15.0 Å². The first kappa shape index (κ1) is 11.2. The van der Waals surface area contributed by atoms with Crippen LogP contribution in [0.25, 0.3) is 0 Å². The van der Waals surface area contributed by atoms with Crippen molar-refractivity contribution in [3.8, 4) is 0 Å². The molecule has 0 aromatic carbocycles. The molecule has 1 aromatic heterocycles. The van der Waals surface area contributed by atoms with Gasteiger partial charge in [0.1, 0.15) is 16.6 Å². The van der Waals surface area contributed by atoms with E-state index in [4.69, 9.17) is 33.4 Å². The third-order valence-corrected chi connectivity index (χ3v) is 2.17. The van der Waals surface area contributed by atoms with E-state index in [1.165, 1.54) is 0 Å². The van der Waals surface area contributed by atoms with Crippen LogP contribution in [0.5, 0.6) is 0 Å². The monoisotopic (exact) mass is 236 g/mol. The molecule has 0 aliphatic rings. The summed E-state index contributed by atoms with van der Waals surface area (Å²) >= 11 is 11.3. The molecule has 2 N–H and O–H groups in total. The predicted molar refractivity (Wildman–Crippen MR) is 49.4 cm³/mol. The number of carboxylic acids is 1. The smallest absolute Gasteiger partial charge is 0.332 e. The van der Waals surface area contributed by atoms with E-state index in [1.807, 2.05) is 0 Å². The molecule has 5 nitrogen and oxygen atoms in total. The number of aliphatic hydroxyl groups excluding tert-OH is 1. The summed E-state index contributed by atoms with van der Waals surface area (Å²) in [7, 11) is 0. The van der Waals surface area contributed by atoms with Gasteiger partial charge in [0.25, 0.3) is 0 Å². The van der Waals surface area contributed by atoms with Gasteiger partial charge in [0, 0.05) is 12.0 Å². The molecule has 0 bridgehead atoms. The van der Waals surface area contributed by atoms with Crippen molar-refractivity contribution in [3.63, 3.8) is 0 Å². The Kier molecular flexibility index (Phi) is 3.62. The van der Waals surface area contributed by atoms with Gasteiger partial charge in [0.05, 0.1) is 0 Å². The van der Waals surface area contributed by atoms with Crippen LogP contribution in [0.3, 0.4) is 0 Å². The summed E-state index contributed by atoms with van der Waals surface area (Å²) in [6.45, 7) is 0. The minimum atomic E-state index is -1.56. The number of hydrogen-bond donors (Lipinski definition) is 2. The SMILES string of the molecule is O=C(O)C(O)Cc1c(Cl)ncnc1Cl. The molecule has 1 aromatic rings. The first-order valence-electron chi connectivity index (χ1n) is 3.58. The molecule has 1 rings (SSSR count). The molecule has 0 spiro atoms. The Morgan fingerprint density at radius 3 is 2.36 bits per heavy atom. The topological polar surface area (TPSA) is 83.3 Å². The lowest BCUT2D eigenvalue weighted by Gasteiger charge is -2.07. The fourth-order valence-corrected chi connectivity index (χ4v) is 1.29. The zero-order chi connectivity index (χ0) is 10.7. The van der Waals surface area contributed by atoms with E-state index in [0.29, 0.717) is 0 Å². The average molecular weight is 237 g/mol. The van der Waals surface area contributed by atoms with Crippen molar-refractivity contribution in [1.29, 1.82) is 0 Å². The lowest BCUT2D eigenvalue weighted by molar-refractivity contribution is -0.146. The highest BCUT2D eigenvalue weighted by Gasteiger charge is 2.18. The van der Waals surface area contributed by atoms with E-state index in [1.54, 1.807) is 0 Å². The number of carboxylic acid groups (broad SMARTS) is 1. The first-order valence-corrected chi connectivity index (χ1v) is 4.33. The van der Waals surface area contributed by atoms with Crippen LogP contribution in [0.4, 0.5) is 0 Å². The molecule has 1 heterocycles. The molecule has 1 atom stereocenters. The molecule has 0 aliphatic heterocycles. The second kappa shape index (κ2) is 4.54. The molecule has 0 fully saturated rings. The normalized spacial score (nSPS) is 12.5. The molecule has 0 saturated heterocycles. The van der Waals surface area contributed by atoms with Crippen molar-refractivity contribution in [2.45, 2.75) is 12.5 Å². The van der Waals surface area contributed by atoms with Crippen LogP contribution in [0.1, 0.15) is 5.56 Å². The van der Waals surface area contributed by atoms with E-state index in [0.717, 1.165) is 6.33 Å². The Balaban J connectivity index is 2.91. The van der Waals surface area contributed by atoms with Crippen LogP contribution in [0, 0.1) is 0 Å². The Hall–Kier alpha value is -0.910. The third kappa shape index (κ3) is 2.54. The molecule has 76 valence electrons. The van der Waals surface area contributed by atoms with Crippen molar-refractivity contribution in [2.24, 2.45) is 0 Å². The zero-order valence-electron chi connectivity index (χ0n) is 6.81. The van der Waals surface area contributed by atoms with E-state index < -0.39 is 12.1 Å². The number of rotatable bonds is 3. The van der Waals surface area contributed by atoms with Crippen LogP contribution in [-0.4, -0.2) is 32.3 Å². The summed E-state index contributed by atoms with van der Waals surface area (Å²) < 4.78 is 0. The van der Waals surface area contributed by atoms with Gasteiger partial charge in [-0.15, -0.1) is 0 Å². The summed E-state index contributed by atoms with van der Waals surface area (Å²) in [5.41, 5.74) is 0.228. The van der Waals surface area contributed by atoms with Crippen molar-refractivity contribution in [2.75, 3.05) is 0 Å².